The Balaban J connectivity index is 2.83. The van der Waals surface area contributed by atoms with Crippen LogP contribution >= 0.6 is 0 Å². The summed E-state index contributed by atoms with van der Waals surface area (Å²) in [5, 5.41) is 19.0. The van der Waals surface area contributed by atoms with Crippen molar-refractivity contribution < 1.29 is 14.8 Å². The summed E-state index contributed by atoms with van der Waals surface area (Å²) in [6, 6.07) is 5.48. The van der Waals surface area contributed by atoms with Crippen molar-refractivity contribution in [2.75, 3.05) is 6.54 Å². The Hall–Kier alpha value is -1.91. The molecule has 13 heavy (non-hydrogen) atoms. The van der Waals surface area contributed by atoms with Crippen LogP contribution in [0.4, 0.5) is 0 Å². The van der Waals surface area contributed by atoms with Gasteiger partial charge < -0.3 is 5.11 Å². The molecule has 0 radical (unpaired) electrons. The maximum absolute atomic E-state index is 11.1. The molecule has 0 saturated carbocycles. The summed E-state index contributed by atoms with van der Waals surface area (Å²) in [5.74, 6) is -0.685. The molecule has 0 saturated heterocycles. The number of benzene rings is 1. The van der Waals surface area contributed by atoms with Crippen LogP contribution in [0.5, 0.6) is 5.75 Å². The highest BCUT2D eigenvalue weighted by Gasteiger charge is 2.12. The molecule has 0 bridgehead atoms. The van der Waals surface area contributed by atoms with E-state index in [2.05, 4.69) is 0 Å². The van der Waals surface area contributed by atoms with Crippen LogP contribution in [0.15, 0.2) is 24.3 Å². The van der Waals surface area contributed by atoms with E-state index >= 15 is 0 Å². The predicted octanol–water partition coefficient (Wildman–Crippen LogP) is 0.852. The third kappa shape index (κ3) is 2.55. The molecule has 1 N–H and O–H groups in total. The van der Waals surface area contributed by atoms with E-state index in [9.17, 15) is 14.9 Å². The van der Waals surface area contributed by atoms with Crippen LogP contribution in [0.25, 0.3) is 0 Å². The van der Waals surface area contributed by atoms with E-state index in [0.29, 0.717) is 0 Å². The highest BCUT2D eigenvalue weighted by atomic mass is 16.6. The molecule has 1 aromatic carbocycles. The second kappa shape index (κ2) is 3.66. The number of hydrogen-bond acceptors (Lipinski definition) is 4. The number of ketones is 1. The number of carbonyl (C=O) groups is 1. The highest BCUT2D eigenvalue weighted by Crippen LogP contribution is 2.11. The van der Waals surface area contributed by atoms with Gasteiger partial charge in [0.15, 0.2) is 0 Å². The minimum absolute atomic E-state index is 0.0748. The van der Waals surface area contributed by atoms with Crippen molar-refractivity contribution in [1.29, 1.82) is 0 Å². The molecule has 0 spiro atoms. The first-order chi connectivity index (χ1) is 6.09. The number of Topliss-reactive ketones (excluding diaryl/α,β-unsaturated/α-hetero) is 1. The van der Waals surface area contributed by atoms with Crippen LogP contribution in [0.3, 0.4) is 0 Å². The summed E-state index contributed by atoms with van der Waals surface area (Å²) in [6.07, 6.45) is 0. The Kier molecular flexibility index (Phi) is 2.59. The number of phenols is 1. The van der Waals surface area contributed by atoms with Crippen LogP contribution in [0.2, 0.25) is 0 Å². The maximum atomic E-state index is 11.1. The summed E-state index contributed by atoms with van der Waals surface area (Å²) in [5.41, 5.74) is 0.150. The second-order valence-electron chi connectivity index (χ2n) is 2.46. The van der Waals surface area contributed by atoms with Crippen LogP contribution in [0, 0.1) is 10.1 Å². The molecular formula is C8H7NO4. The number of rotatable bonds is 3. The lowest BCUT2D eigenvalue weighted by molar-refractivity contribution is -0.465. The largest absolute Gasteiger partial charge is 0.508 e. The Morgan fingerprint density at radius 1 is 1.54 bits per heavy atom. The second-order valence-corrected chi connectivity index (χ2v) is 2.46. The van der Waals surface area contributed by atoms with Gasteiger partial charge >= 0.3 is 0 Å². The van der Waals surface area contributed by atoms with E-state index in [1.807, 2.05) is 0 Å². The molecule has 1 aromatic rings. The predicted molar refractivity (Wildman–Crippen MR) is 44.3 cm³/mol. The van der Waals surface area contributed by atoms with Crippen molar-refractivity contribution >= 4 is 5.78 Å². The van der Waals surface area contributed by atoms with Gasteiger partial charge in [0.25, 0.3) is 6.54 Å². The van der Waals surface area contributed by atoms with Gasteiger partial charge in [0.2, 0.25) is 5.78 Å². The average Bonchev–Trinajstić information content (AvgIpc) is 2.03. The molecule has 0 aliphatic rings. The lowest BCUT2D eigenvalue weighted by atomic mass is 10.1. The minimum Gasteiger partial charge on any atom is -0.508 e. The Labute approximate surface area is 73.8 Å². The standard InChI is InChI=1S/C8H7NO4/c10-7-3-1-2-6(4-7)8(11)5-9(12)13/h1-4,10H,5H2. The van der Waals surface area contributed by atoms with Gasteiger partial charge in [-0.15, -0.1) is 0 Å². The summed E-state index contributed by atoms with van der Waals surface area (Å²) in [4.78, 5) is 20.3. The number of phenolic OH excluding ortho intramolecular Hbond substituents is 1. The van der Waals surface area contributed by atoms with Crippen LogP contribution in [0.1, 0.15) is 10.4 Å². The molecule has 68 valence electrons. The molecule has 0 heterocycles. The molecular weight excluding hydrogens is 174 g/mol. The molecule has 0 amide bonds. The normalized spacial score (nSPS) is 9.54. The van der Waals surface area contributed by atoms with Gasteiger partial charge in [-0.3, -0.25) is 14.9 Å². The first-order valence-electron chi connectivity index (χ1n) is 3.53. The summed E-state index contributed by atoms with van der Waals surface area (Å²) in [7, 11) is 0. The summed E-state index contributed by atoms with van der Waals surface area (Å²) in [6.45, 7) is -0.747. The van der Waals surface area contributed by atoms with Crippen LogP contribution in [-0.2, 0) is 0 Å². The van der Waals surface area contributed by atoms with E-state index in [1.54, 1.807) is 0 Å². The fraction of sp³-hybridized carbons (Fsp3) is 0.125. The molecule has 0 fully saturated rings. The fourth-order valence-electron chi connectivity index (χ4n) is 0.888. The van der Waals surface area contributed by atoms with Crippen molar-refractivity contribution in [1.82, 2.24) is 0 Å². The van der Waals surface area contributed by atoms with Gasteiger partial charge in [-0.1, -0.05) is 12.1 Å². The maximum Gasteiger partial charge on any atom is 0.265 e. The van der Waals surface area contributed by atoms with Crippen molar-refractivity contribution in [3.63, 3.8) is 0 Å². The van der Waals surface area contributed by atoms with Crippen molar-refractivity contribution in [3.05, 3.63) is 39.9 Å². The zero-order chi connectivity index (χ0) is 9.84. The third-order valence-corrected chi connectivity index (χ3v) is 1.44. The van der Waals surface area contributed by atoms with Gasteiger partial charge in [0.05, 0.1) is 0 Å². The molecule has 0 unspecified atom stereocenters. The van der Waals surface area contributed by atoms with E-state index in [-0.39, 0.29) is 11.3 Å². The Morgan fingerprint density at radius 3 is 2.77 bits per heavy atom. The summed E-state index contributed by atoms with van der Waals surface area (Å²) < 4.78 is 0. The van der Waals surface area contributed by atoms with Gasteiger partial charge in [-0.25, -0.2) is 0 Å². The van der Waals surface area contributed by atoms with E-state index in [0.717, 1.165) is 0 Å². The molecule has 0 aliphatic heterocycles. The molecule has 1 rings (SSSR count). The summed E-state index contributed by atoms with van der Waals surface area (Å²) >= 11 is 0. The van der Waals surface area contributed by atoms with E-state index < -0.39 is 17.3 Å². The zero-order valence-electron chi connectivity index (χ0n) is 6.64. The highest BCUT2D eigenvalue weighted by molar-refractivity contribution is 5.97. The minimum atomic E-state index is -0.747. The Morgan fingerprint density at radius 2 is 2.23 bits per heavy atom. The van der Waals surface area contributed by atoms with Crippen LogP contribution in [-0.4, -0.2) is 22.4 Å². The first kappa shape index (κ1) is 9.18. The van der Waals surface area contributed by atoms with E-state index in [1.165, 1.54) is 24.3 Å². The lowest BCUT2D eigenvalue weighted by Gasteiger charge is -1.96. The first-order valence-corrected chi connectivity index (χ1v) is 3.53. The van der Waals surface area contributed by atoms with Crippen molar-refractivity contribution in [2.24, 2.45) is 0 Å². The smallest absolute Gasteiger partial charge is 0.265 e. The SMILES string of the molecule is O=C(C[N+](=O)[O-])c1cccc(O)c1. The van der Waals surface area contributed by atoms with Gasteiger partial charge in [0, 0.05) is 10.5 Å². The van der Waals surface area contributed by atoms with Crippen molar-refractivity contribution in [3.8, 4) is 5.75 Å². The fourth-order valence-corrected chi connectivity index (χ4v) is 0.888. The molecule has 5 nitrogen and oxygen atoms in total. The topological polar surface area (TPSA) is 80.4 Å². The molecule has 0 atom stereocenters. The Bertz CT molecular complexity index is 348. The number of nitrogens with zero attached hydrogens (tertiary/aromatic N) is 1. The lowest BCUT2D eigenvalue weighted by Crippen LogP contribution is -2.13. The van der Waals surface area contributed by atoms with Gasteiger partial charge in [0.1, 0.15) is 5.75 Å². The molecule has 0 aromatic heterocycles. The van der Waals surface area contributed by atoms with Crippen LogP contribution < -0.4 is 0 Å². The number of carbonyl (C=O) groups excluding carboxylic acids is 1. The number of aromatic hydroxyl groups is 1. The molecule has 5 heteroatoms. The molecule has 0 aliphatic carbocycles. The quantitative estimate of drug-likeness (QED) is 0.426. The van der Waals surface area contributed by atoms with Gasteiger partial charge in [-0.05, 0) is 12.1 Å². The third-order valence-electron chi connectivity index (χ3n) is 1.44. The number of hydrogen-bond donors (Lipinski definition) is 1. The van der Waals surface area contributed by atoms with Crippen molar-refractivity contribution in [2.45, 2.75) is 0 Å². The number of nitro groups is 1. The average molecular weight is 181 g/mol. The van der Waals surface area contributed by atoms with Gasteiger partial charge in [-0.2, -0.15) is 0 Å². The monoisotopic (exact) mass is 181 g/mol. The van der Waals surface area contributed by atoms with E-state index in [4.69, 9.17) is 5.11 Å². The zero-order valence-corrected chi connectivity index (χ0v) is 6.64.